The minimum atomic E-state index is -3.51. The summed E-state index contributed by atoms with van der Waals surface area (Å²) in [5.41, 5.74) is 0. The van der Waals surface area contributed by atoms with Gasteiger partial charge in [-0.15, -0.1) is 0 Å². The number of hydrogen-bond acceptors (Lipinski definition) is 7. The van der Waals surface area contributed by atoms with Crippen LogP contribution in [0.1, 0.15) is 0 Å². The number of aromatic nitrogens is 2. The van der Waals surface area contributed by atoms with Gasteiger partial charge in [-0.1, -0.05) is 0 Å². The van der Waals surface area contributed by atoms with Crippen LogP contribution < -0.4 is 10.0 Å². The van der Waals surface area contributed by atoms with E-state index in [0.29, 0.717) is 17.7 Å². The number of sulfonamides is 1. The van der Waals surface area contributed by atoms with Gasteiger partial charge in [0.05, 0.1) is 12.4 Å². The molecule has 0 aromatic carbocycles. The monoisotopic (exact) mass is 320 g/mol. The molecule has 0 aliphatic carbocycles. The van der Waals surface area contributed by atoms with Crippen LogP contribution in [0.3, 0.4) is 0 Å². The maximum Gasteiger partial charge on any atom is 0.243 e. The largest absolute Gasteiger partial charge is 0.357 e. The van der Waals surface area contributed by atoms with Gasteiger partial charge in [-0.3, -0.25) is 0 Å². The van der Waals surface area contributed by atoms with E-state index in [1.165, 1.54) is 12.4 Å². The number of hydrogen-bond donors (Lipinski definition) is 2. The Morgan fingerprint density at radius 3 is 2.68 bits per heavy atom. The van der Waals surface area contributed by atoms with Crippen molar-refractivity contribution in [2.75, 3.05) is 36.2 Å². The number of nitrogens with one attached hydrogen (secondary N) is 2. The van der Waals surface area contributed by atoms with E-state index in [2.05, 4.69) is 20.0 Å². The summed E-state index contributed by atoms with van der Waals surface area (Å²) < 4.78 is 26.7. The highest BCUT2D eigenvalue weighted by Gasteiger charge is 2.20. The molecule has 1 aromatic rings. The molecule has 2 N–H and O–H groups in total. The highest BCUT2D eigenvalue weighted by molar-refractivity contribution is 8.06. The lowest BCUT2D eigenvalue weighted by Gasteiger charge is -2.20. The van der Waals surface area contributed by atoms with Crippen LogP contribution >= 0.6 is 23.5 Å². The van der Waals surface area contributed by atoms with Crippen molar-refractivity contribution in [1.82, 2.24) is 14.7 Å². The molecule has 1 unspecified atom stereocenters. The van der Waals surface area contributed by atoms with Crippen molar-refractivity contribution in [3.63, 3.8) is 0 Å². The second-order valence-corrected chi connectivity index (χ2v) is 8.24. The lowest BCUT2D eigenvalue weighted by atomic mass is 10.5. The molecule has 2 heterocycles. The van der Waals surface area contributed by atoms with Crippen LogP contribution in [0.25, 0.3) is 0 Å². The van der Waals surface area contributed by atoms with Gasteiger partial charge in [0, 0.05) is 36.1 Å². The first-order valence-corrected chi connectivity index (χ1v) is 9.49. The Hall–Kier alpha value is -0.510. The summed E-state index contributed by atoms with van der Waals surface area (Å²) in [6.07, 6.45) is 2.62. The molecule has 0 spiro atoms. The predicted molar refractivity (Wildman–Crippen MR) is 80.3 cm³/mol. The van der Waals surface area contributed by atoms with Crippen molar-refractivity contribution in [1.29, 1.82) is 0 Å². The lowest BCUT2D eigenvalue weighted by Crippen LogP contribution is -2.33. The van der Waals surface area contributed by atoms with Gasteiger partial charge >= 0.3 is 0 Å². The van der Waals surface area contributed by atoms with Crippen LogP contribution in [0, 0.1) is 0 Å². The van der Waals surface area contributed by atoms with E-state index in [9.17, 15) is 8.42 Å². The molecule has 0 saturated carbocycles. The van der Waals surface area contributed by atoms with Crippen molar-refractivity contribution >= 4 is 39.5 Å². The zero-order valence-electron chi connectivity index (χ0n) is 10.5. The van der Waals surface area contributed by atoms with Crippen molar-refractivity contribution in [2.24, 2.45) is 0 Å². The molecule has 0 bridgehead atoms. The molecule has 1 aliphatic heterocycles. The smallest absolute Gasteiger partial charge is 0.243 e. The third-order valence-electron chi connectivity index (χ3n) is 2.55. The Balaban J connectivity index is 1.96. The highest BCUT2D eigenvalue weighted by Crippen LogP contribution is 2.23. The molecule has 1 saturated heterocycles. The van der Waals surface area contributed by atoms with E-state index in [1.54, 1.807) is 7.05 Å². The second-order valence-electron chi connectivity index (χ2n) is 3.91. The molecule has 0 amide bonds. The van der Waals surface area contributed by atoms with Crippen LogP contribution in [0.15, 0.2) is 17.3 Å². The van der Waals surface area contributed by atoms with Gasteiger partial charge in [-0.05, 0) is 0 Å². The summed E-state index contributed by atoms with van der Waals surface area (Å²) in [6.45, 7) is 0.452. The molecule has 19 heavy (non-hydrogen) atoms. The summed E-state index contributed by atoms with van der Waals surface area (Å²) in [5, 5.41) is 3.08. The van der Waals surface area contributed by atoms with Crippen molar-refractivity contribution in [2.45, 2.75) is 10.1 Å². The molecule has 6 nitrogen and oxygen atoms in total. The molecule has 106 valence electrons. The third kappa shape index (κ3) is 4.23. The summed E-state index contributed by atoms with van der Waals surface area (Å²) in [5.74, 6) is 3.62. The summed E-state index contributed by atoms with van der Waals surface area (Å²) in [7, 11) is -1.83. The molecular weight excluding hydrogens is 304 g/mol. The van der Waals surface area contributed by atoms with Crippen LogP contribution in [-0.4, -0.2) is 54.5 Å². The lowest BCUT2D eigenvalue weighted by molar-refractivity contribution is 0.580. The van der Waals surface area contributed by atoms with E-state index in [0.717, 1.165) is 17.3 Å². The Morgan fingerprint density at radius 2 is 2.11 bits per heavy atom. The molecule has 1 atom stereocenters. The predicted octanol–water partition coefficient (Wildman–Crippen LogP) is 0.645. The van der Waals surface area contributed by atoms with E-state index in [-0.39, 0.29) is 4.90 Å². The SMILES string of the molecule is CNc1ncc(S(=O)(=O)NCC2CSCCS2)cn1. The van der Waals surface area contributed by atoms with Crippen LogP contribution in [0.4, 0.5) is 5.95 Å². The summed E-state index contributed by atoms with van der Waals surface area (Å²) >= 11 is 3.68. The number of nitrogens with zero attached hydrogens (tertiary/aromatic N) is 2. The normalized spacial score (nSPS) is 20.2. The Bertz CT molecular complexity index is 500. The number of anilines is 1. The van der Waals surface area contributed by atoms with Crippen LogP contribution in [0.5, 0.6) is 0 Å². The second kappa shape index (κ2) is 6.78. The average molecular weight is 320 g/mol. The van der Waals surface area contributed by atoms with E-state index in [4.69, 9.17) is 0 Å². The number of rotatable bonds is 5. The molecule has 0 radical (unpaired) electrons. The van der Waals surface area contributed by atoms with Crippen molar-refractivity contribution < 1.29 is 8.42 Å². The maximum absolute atomic E-state index is 12.0. The molecule has 2 rings (SSSR count). The van der Waals surface area contributed by atoms with Gasteiger partial charge in [0.25, 0.3) is 0 Å². The fourth-order valence-electron chi connectivity index (χ4n) is 1.52. The molecule has 9 heteroatoms. The fourth-order valence-corrected chi connectivity index (χ4v) is 5.21. The van der Waals surface area contributed by atoms with Crippen LogP contribution in [0.2, 0.25) is 0 Å². The topological polar surface area (TPSA) is 84.0 Å². The van der Waals surface area contributed by atoms with E-state index < -0.39 is 10.0 Å². The zero-order valence-corrected chi connectivity index (χ0v) is 12.9. The summed E-state index contributed by atoms with van der Waals surface area (Å²) in [4.78, 5) is 7.91. The van der Waals surface area contributed by atoms with Gasteiger partial charge in [-0.25, -0.2) is 23.1 Å². The van der Waals surface area contributed by atoms with Crippen molar-refractivity contribution in [3.05, 3.63) is 12.4 Å². The average Bonchev–Trinajstić information content (AvgIpc) is 2.46. The highest BCUT2D eigenvalue weighted by atomic mass is 32.2. The maximum atomic E-state index is 12.0. The number of thioether (sulfide) groups is 2. The molecular formula is C10H16N4O2S3. The third-order valence-corrected chi connectivity index (χ3v) is 6.77. The van der Waals surface area contributed by atoms with Gasteiger partial charge in [0.15, 0.2) is 0 Å². The van der Waals surface area contributed by atoms with Gasteiger partial charge in [0.1, 0.15) is 4.90 Å². The van der Waals surface area contributed by atoms with Crippen molar-refractivity contribution in [3.8, 4) is 0 Å². The quantitative estimate of drug-likeness (QED) is 0.824. The minimum absolute atomic E-state index is 0.0972. The van der Waals surface area contributed by atoms with E-state index >= 15 is 0 Å². The molecule has 1 fully saturated rings. The van der Waals surface area contributed by atoms with Gasteiger partial charge in [0.2, 0.25) is 16.0 Å². The summed E-state index contributed by atoms with van der Waals surface area (Å²) in [6, 6.07) is 0. The Morgan fingerprint density at radius 1 is 1.37 bits per heavy atom. The molecule has 1 aliphatic rings. The standard InChI is InChI=1S/C10H16N4O2S3/c1-11-10-12-5-9(6-13-10)19(15,16)14-4-8-7-17-2-3-18-8/h5-6,8,14H,2-4,7H2,1H3,(H,11,12,13). The first-order chi connectivity index (χ1) is 9.12. The van der Waals surface area contributed by atoms with E-state index in [1.807, 2.05) is 23.5 Å². The minimum Gasteiger partial charge on any atom is -0.357 e. The Labute approximate surface area is 121 Å². The fraction of sp³-hybridized carbons (Fsp3) is 0.600. The van der Waals surface area contributed by atoms with Gasteiger partial charge < -0.3 is 5.32 Å². The first kappa shape index (κ1) is 14.9. The zero-order chi connectivity index (χ0) is 13.7. The molecule has 1 aromatic heterocycles. The van der Waals surface area contributed by atoms with Crippen LogP contribution in [-0.2, 0) is 10.0 Å². The van der Waals surface area contributed by atoms with Gasteiger partial charge in [-0.2, -0.15) is 23.5 Å². The first-order valence-electron chi connectivity index (χ1n) is 5.80. The Kier molecular flexibility index (Phi) is 5.31.